The highest BCUT2D eigenvalue weighted by Crippen LogP contribution is 2.41. The number of hydrogen-bond acceptors (Lipinski definition) is 4. The molecule has 8 heteroatoms. The SMILES string of the molecule is OCCOC1(F)OC(F)(F)OC1F. The standard InChI is InChI=1S/C5H6F4O4/c6-3-4(7,11-2-1-10)13-5(8,9)12-3/h3,10H,1-2H2. The molecular formula is C5H6F4O4. The summed E-state index contributed by atoms with van der Waals surface area (Å²) < 4.78 is 59.6. The van der Waals surface area contributed by atoms with E-state index in [4.69, 9.17) is 5.11 Å². The molecular weight excluding hydrogens is 200 g/mol. The van der Waals surface area contributed by atoms with E-state index in [1.807, 2.05) is 0 Å². The van der Waals surface area contributed by atoms with Crippen molar-refractivity contribution in [3.8, 4) is 0 Å². The predicted molar refractivity (Wildman–Crippen MR) is 28.9 cm³/mol. The molecule has 4 nitrogen and oxygen atoms in total. The second-order valence-electron chi connectivity index (χ2n) is 2.15. The van der Waals surface area contributed by atoms with Gasteiger partial charge in [0.15, 0.2) is 0 Å². The molecule has 0 spiro atoms. The van der Waals surface area contributed by atoms with Crippen molar-refractivity contribution < 1.29 is 36.9 Å². The summed E-state index contributed by atoms with van der Waals surface area (Å²) in [5.41, 5.74) is 0. The normalized spacial score (nSPS) is 38.1. The Kier molecular flexibility index (Phi) is 2.76. The smallest absolute Gasteiger partial charge is 0.394 e. The summed E-state index contributed by atoms with van der Waals surface area (Å²) in [7, 11) is 0. The van der Waals surface area contributed by atoms with Crippen LogP contribution >= 0.6 is 0 Å². The molecule has 13 heavy (non-hydrogen) atoms. The first-order valence-electron chi connectivity index (χ1n) is 3.23. The Morgan fingerprint density at radius 1 is 1.38 bits per heavy atom. The second-order valence-corrected chi connectivity index (χ2v) is 2.15. The minimum absolute atomic E-state index is 0.659. The van der Waals surface area contributed by atoms with Gasteiger partial charge in [-0.3, -0.25) is 4.74 Å². The van der Waals surface area contributed by atoms with E-state index in [0.29, 0.717) is 0 Å². The van der Waals surface area contributed by atoms with Gasteiger partial charge in [-0.2, -0.15) is 4.39 Å². The van der Waals surface area contributed by atoms with Gasteiger partial charge in [-0.05, 0) is 0 Å². The third-order valence-corrected chi connectivity index (χ3v) is 1.16. The molecule has 0 amide bonds. The monoisotopic (exact) mass is 206 g/mol. The van der Waals surface area contributed by atoms with Gasteiger partial charge >= 0.3 is 12.3 Å². The van der Waals surface area contributed by atoms with Gasteiger partial charge in [-0.25, -0.2) is 9.13 Å². The zero-order chi connectivity index (χ0) is 10.1. The van der Waals surface area contributed by atoms with Crippen LogP contribution in [0.2, 0.25) is 0 Å². The summed E-state index contributed by atoms with van der Waals surface area (Å²) in [4.78, 5) is 0. The Morgan fingerprint density at radius 3 is 2.38 bits per heavy atom. The average Bonchev–Trinajstić information content (AvgIpc) is 2.18. The van der Waals surface area contributed by atoms with E-state index in [1.165, 1.54) is 0 Å². The molecule has 1 rings (SSSR count). The lowest BCUT2D eigenvalue weighted by molar-refractivity contribution is -0.408. The van der Waals surface area contributed by atoms with E-state index >= 15 is 0 Å². The minimum Gasteiger partial charge on any atom is -0.394 e. The number of ether oxygens (including phenoxy) is 3. The molecule has 2 atom stereocenters. The summed E-state index contributed by atoms with van der Waals surface area (Å²) in [6.45, 7) is -1.34. The molecule has 0 saturated carbocycles. The molecule has 0 radical (unpaired) electrons. The van der Waals surface area contributed by atoms with Crippen LogP contribution in [0.5, 0.6) is 0 Å². The topological polar surface area (TPSA) is 47.9 Å². The first kappa shape index (κ1) is 10.6. The maximum atomic E-state index is 12.9. The van der Waals surface area contributed by atoms with Gasteiger partial charge in [-0.1, -0.05) is 0 Å². The molecule has 1 fully saturated rings. The molecule has 0 aromatic heterocycles. The molecule has 1 N–H and O–H groups in total. The molecule has 1 aliphatic heterocycles. The lowest BCUT2D eigenvalue weighted by Crippen LogP contribution is -2.36. The number of aliphatic hydroxyl groups is 1. The molecule has 1 saturated heterocycles. The van der Waals surface area contributed by atoms with Crippen molar-refractivity contribution in [1.82, 2.24) is 0 Å². The fourth-order valence-electron chi connectivity index (χ4n) is 0.703. The van der Waals surface area contributed by atoms with Crippen molar-refractivity contribution in [2.45, 2.75) is 18.7 Å². The Labute approximate surface area is 70.0 Å². The van der Waals surface area contributed by atoms with Gasteiger partial charge in [-0.15, -0.1) is 8.78 Å². The van der Waals surface area contributed by atoms with Gasteiger partial charge in [0.25, 0.3) is 6.36 Å². The molecule has 0 aromatic rings. The number of alkyl halides is 4. The van der Waals surface area contributed by atoms with Crippen molar-refractivity contribution in [3.63, 3.8) is 0 Å². The third kappa shape index (κ3) is 2.27. The molecule has 0 aliphatic carbocycles. The lowest BCUT2D eigenvalue weighted by atomic mass is 10.6. The van der Waals surface area contributed by atoms with Crippen LogP contribution in [0.25, 0.3) is 0 Å². The molecule has 0 bridgehead atoms. The van der Waals surface area contributed by atoms with Crippen LogP contribution in [0.4, 0.5) is 17.6 Å². The van der Waals surface area contributed by atoms with Gasteiger partial charge in [0, 0.05) is 0 Å². The number of rotatable bonds is 3. The minimum atomic E-state index is -4.36. The van der Waals surface area contributed by atoms with Gasteiger partial charge in [0.2, 0.25) is 0 Å². The molecule has 78 valence electrons. The first-order chi connectivity index (χ1) is 5.90. The average molecular weight is 206 g/mol. The van der Waals surface area contributed by atoms with E-state index in [-0.39, 0.29) is 0 Å². The Bertz CT molecular complexity index is 189. The van der Waals surface area contributed by atoms with Crippen LogP contribution in [0.15, 0.2) is 0 Å². The van der Waals surface area contributed by atoms with Gasteiger partial charge < -0.3 is 9.84 Å². The lowest BCUT2D eigenvalue weighted by Gasteiger charge is -2.17. The van der Waals surface area contributed by atoms with Crippen molar-refractivity contribution >= 4 is 0 Å². The van der Waals surface area contributed by atoms with Crippen molar-refractivity contribution in [2.24, 2.45) is 0 Å². The highest BCUT2D eigenvalue weighted by Gasteiger charge is 2.63. The molecule has 1 aliphatic rings. The van der Waals surface area contributed by atoms with Crippen LogP contribution < -0.4 is 0 Å². The fraction of sp³-hybridized carbons (Fsp3) is 1.00. The molecule has 2 unspecified atom stereocenters. The van der Waals surface area contributed by atoms with Crippen LogP contribution in [0.1, 0.15) is 0 Å². The summed E-state index contributed by atoms with van der Waals surface area (Å²) in [6, 6.07) is -3.66. The largest absolute Gasteiger partial charge is 0.492 e. The highest BCUT2D eigenvalue weighted by atomic mass is 19.3. The first-order valence-corrected chi connectivity index (χ1v) is 3.23. The van der Waals surface area contributed by atoms with Gasteiger partial charge in [0.05, 0.1) is 13.2 Å². The number of hydrogen-bond donors (Lipinski definition) is 1. The van der Waals surface area contributed by atoms with E-state index in [0.717, 1.165) is 0 Å². The zero-order valence-corrected chi connectivity index (χ0v) is 6.18. The maximum Gasteiger partial charge on any atom is 0.492 e. The Morgan fingerprint density at radius 2 is 2.00 bits per heavy atom. The van der Waals surface area contributed by atoms with E-state index < -0.39 is 31.9 Å². The van der Waals surface area contributed by atoms with Crippen molar-refractivity contribution in [2.75, 3.05) is 13.2 Å². The van der Waals surface area contributed by atoms with Crippen LogP contribution in [0, 0.1) is 0 Å². The third-order valence-electron chi connectivity index (χ3n) is 1.16. The maximum absolute atomic E-state index is 12.9. The van der Waals surface area contributed by atoms with E-state index in [9.17, 15) is 17.6 Å². The number of aliphatic hydroxyl groups excluding tert-OH is 1. The predicted octanol–water partition coefficient (Wildman–Crippen LogP) is 0.511. The fourth-order valence-corrected chi connectivity index (χ4v) is 0.703. The Balaban J connectivity index is 2.58. The highest BCUT2D eigenvalue weighted by molar-refractivity contribution is 4.68. The summed E-state index contributed by atoms with van der Waals surface area (Å²) >= 11 is 0. The zero-order valence-electron chi connectivity index (χ0n) is 6.18. The van der Waals surface area contributed by atoms with Crippen molar-refractivity contribution in [1.29, 1.82) is 0 Å². The van der Waals surface area contributed by atoms with Crippen LogP contribution in [-0.4, -0.2) is 37.0 Å². The van der Waals surface area contributed by atoms with E-state index in [1.54, 1.807) is 0 Å². The Hall–Kier alpha value is -0.440. The summed E-state index contributed by atoms with van der Waals surface area (Å²) in [6.07, 6.45) is -7.40. The van der Waals surface area contributed by atoms with Crippen LogP contribution in [0.3, 0.4) is 0 Å². The molecule has 1 heterocycles. The van der Waals surface area contributed by atoms with Gasteiger partial charge in [0.1, 0.15) is 0 Å². The van der Waals surface area contributed by atoms with Crippen molar-refractivity contribution in [3.05, 3.63) is 0 Å². The number of halogens is 4. The summed E-state index contributed by atoms with van der Waals surface area (Å²) in [5, 5.41) is 8.16. The molecule has 0 aromatic carbocycles. The van der Waals surface area contributed by atoms with E-state index in [2.05, 4.69) is 14.2 Å². The second kappa shape index (κ2) is 3.37. The van der Waals surface area contributed by atoms with Crippen LogP contribution in [-0.2, 0) is 14.2 Å². The quantitative estimate of drug-likeness (QED) is 0.683. The summed E-state index contributed by atoms with van der Waals surface area (Å²) in [5.74, 6) is 0.